The van der Waals surface area contributed by atoms with Crippen LogP contribution in [0.25, 0.3) is 6.08 Å². The number of carbonyl (C=O) groups is 2. The first-order valence-electron chi connectivity index (χ1n) is 9.71. The lowest BCUT2D eigenvalue weighted by atomic mass is 10.2. The number of benzene rings is 3. The first kappa shape index (κ1) is 23.0. The van der Waals surface area contributed by atoms with Crippen molar-refractivity contribution in [2.24, 2.45) is 0 Å². The third kappa shape index (κ3) is 5.60. The molecule has 1 aliphatic rings. The molecule has 33 heavy (non-hydrogen) atoms. The molecule has 0 bridgehead atoms. The number of carbonyl (C=O) groups excluding carboxylic acids is 2. The van der Waals surface area contributed by atoms with Crippen molar-refractivity contribution in [3.63, 3.8) is 0 Å². The second-order valence-corrected chi connectivity index (χ2v) is 8.97. The van der Waals surface area contributed by atoms with Gasteiger partial charge in [0.2, 0.25) is 0 Å². The van der Waals surface area contributed by atoms with Crippen molar-refractivity contribution in [2.75, 3.05) is 16.8 Å². The predicted molar refractivity (Wildman–Crippen MR) is 134 cm³/mol. The molecule has 2 amide bonds. The summed E-state index contributed by atoms with van der Waals surface area (Å²) in [6.45, 7) is -0.204. The first-order valence-corrected chi connectivity index (χ1v) is 11.3. The minimum Gasteiger partial charge on any atom is -0.482 e. The zero-order valence-electron chi connectivity index (χ0n) is 17.0. The molecule has 0 radical (unpaired) electrons. The number of thioether (sulfide) groups is 1. The van der Waals surface area contributed by atoms with Crippen LogP contribution in [0.2, 0.25) is 5.02 Å². The van der Waals surface area contributed by atoms with Crippen molar-refractivity contribution >= 4 is 69.2 Å². The summed E-state index contributed by atoms with van der Waals surface area (Å²) in [6.07, 6.45) is 1.67. The van der Waals surface area contributed by atoms with Crippen molar-refractivity contribution < 1.29 is 18.7 Å². The smallest absolute Gasteiger partial charge is 0.270 e. The lowest BCUT2D eigenvalue weighted by Crippen LogP contribution is -2.27. The largest absolute Gasteiger partial charge is 0.482 e. The van der Waals surface area contributed by atoms with Gasteiger partial charge in [-0.15, -0.1) is 0 Å². The maximum atomic E-state index is 13.2. The van der Waals surface area contributed by atoms with Crippen LogP contribution < -0.4 is 15.0 Å². The van der Waals surface area contributed by atoms with Crippen LogP contribution in [-0.2, 0) is 9.59 Å². The molecule has 1 heterocycles. The summed E-state index contributed by atoms with van der Waals surface area (Å²) in [5.41, 5.74) is 1.84. The van der Waals surface area contributed by atoms with Gasteiger partial charge in [0.25, 0.3) is 11.8 Å². The molecule has 0 atom stereocenters. The van der Waals surface area contributed by atoms with Crippen LogP contribution in [0.4, 0.5) is 15.8 Å². The number of ether oxygens (including phenoxy) is 1. The third-order valence-corrected chi connectivity index (χ3v) is 6.15. The number of nitrogens with zero attached hydrogens (tertiary/aromatic N) is 1. The van der Waals surface area contributed by atoms with Gasteiger partial charge in [0.15, 0.2) is 10.9 Å². The van der Waals surface area contributed by atoms with E-state index in [0.717, 1.165) is 11.8 Å². The minimum absolute atomic E-state index is 0.204. The van der Waals surface area contributed by atoms with Gasteiger partial charge < -0.3 is 10.1 Å². The molecular weight excluding hydrogens is 483 g/mol. The fourth-order valence-corrected chi connectivity index (χ4v) is 4.56. The third-order valence-electron chi connectivity index (χ3n) is 4.55. The number of amides is 2. The van der Waals surface area contributed by atoms with Crippen LogP contribution in [0.3, 0.4) is 0 Å². The molecule has 0 aromatic heterocycles. The Hall–Kier alpha value is -3.20. The summed E-state index contributed by atoms with van der Waals surface area (Å²) in [6, 6.07) is 19.6. The number of nitrogens with one attached hydrogen (secondary N) is 1. The first-order chi connectivity index (χ1) is 15.9. The molecule has 1 saturated heterocycles. The normalized spacial score (nSPS) is 14.6. The van der Waals surface area contributed by atoms with Crippen LogP contribution in [0.15, 0.2) is 77.7 Å². The van der Waals surface area contributed by atoms with Crippen molar-refractivity contribution in [2.45, 2.75) is 0 Å². The van der Waals surface area contributed by atoms with E-state index in [1.807, 2.05) is 18.2 Å². The Labute approximate surface area is 204 Å². The van der Waals surface area contributed by atoms with Crippen molar-refractivity contribution in [1.82, 2.24) is 0 Å². The fourth-order valence-electron chi connectivity index (χ4n) is 3.02. The molecular formula is C24H16ClFN2O3S2. The average Bonchev–Trinajstić information content (AvgIpc) is 3.07. The van der Waals surface area contributed by atoms with E-state index >= 15 is 0 Å². The highest BCUT2D eigenvalue weighted by molar-refractivity contribution is 8.27. The zero-order valence-corrected chi connectivity index (χ0v) is 19.3. The van der Waals surface area contributed by atoms with Gasteiger partial charge in [-0.3, -0.25) is 14.5 Å². The summed E-state index contributed by atoms with van der Waals surface area (Å²) in [5.74, 6) is -0.665. The van der Waals surface area contributed by atoms with Crippen molar-refractivity contribution in [3.8, 4) is 5.75 Å². The van der Waals surface area contributed by atoms with E-state index in [0.29, 0.717) is 36.9 Å². The van der Waals surface area contributed by atoms with Gasteiger partial charge in [0.05, 0.1) is 15.6 Å². The SMILES string of the molecule is O=C(COc1ccc(/C=C2\SC(=S)N(c3ccc(F)cc3)C2=O)cc1Cl)Nc1ccccc1. The van der Waals surface area contributed by atoms with Crippen LogP contribution in [0, 0.1) is 5.82 Å². The van der Waals surface area contributed by atoms with Crippen LogP contribution in [0.1, 0.15) is 5.56 Å². The fraction of sp³-hybridized carbons (Fsp3) is 0.0417. The number of para-hydroxylation sites is 1. The molecule has 166 valence electrons. The number of hydrogen-bond donors (Lipinski definition) is 1. The number of anilines is 2. The van der Waals surface area contributed by atoms with Crippen molar-refractivity contribution in [3.05, 3.63) is 94.1 Å². The molecule has 1 fully saturated rings. The second kappa shape index (κ2) is 10.2. The molecule has 1 aliphatic heterocycles. The van der Waals surface area contributed by atoms with Crippen molar-refractivity contribution in [1.29, 1.82) is 0 Å². The van der Waals surface area contributed by atoms with E-state index in [2.05, 4.69) is 5.32 Å². The number of thiocarbonyl (C=S) groups is 1. The zero-order chi connectivity index (χ0) is 23.4. The molecule has 3 aromatic carbocycles. The monoisotopic (exact) mass is 498 g/mol. The number of halogens is 2. The van der Waals surface area contributed by atoms with E-state index in [9.17, 15) is 14.0 Å². The van der Waals surface area contributed by atoms with E-state index in [-0.39, 0.29) is 18.4 Å². The Morgan fingerprint density at radius 2 is 1.85 bits per heavy atom. The minimum atomic E-state index is -0.394. The van der Waals surface area contributed by atoms with Crippen LogP contribution >= 0.6 is 35.6 Å². The molecule has 1 N–H and O–H groups in total. The topological polar surface area (TPSA) is 58.6 Å². The Kier molecular flexibility index (Phi) is 7.08. The van der Waals surface area contributed by atoms with E-state index in [4.69, 9.17) is 28.6 Å². The Bertz CT molecular complexity index is 1250. The summed E-state index contributed by atoms with van der Waals surface area (Å²) in [5, 5.41) is 3.02. The molecule has 0 spiro atoms. The summed E-state index contributed by atoms with van der Waals surface area (Å²) in [4.78, 5) is 26.7. The van der Waals surface area contributed by atoms with E-state index in [1.165, 1.54) is 29.2 Å². The number of rotatable bonds is 6. The molecule has 0 saturated carbocycles. The van der Waals surface area contributed by atoms with Gasteiger partial charge in [0.1, 0.15) is 11.6 Å². The molecule has 3 aromatic rings. The van der Waals surface area contributed by atoms with E-state index in [1.54, 1.807) is 36.4 Å². The molecule has 0 unspecified atom stereocenters. The standard InChI is InChI=1S/C24H16ClFN2O3S2/c25-19-12-15(6-11-20(19)31-14-22(29)27-17-4-2-1-3-5-17)13-21-23(30)28(24(32)33-21)18-9-7-16(26)8-10-18/h1-13H,14H2,(H,27,29)/b21-13-. The summed E-state index contributed by atoms with van der Waals surface area (Å²) in [7, 11) is 0. The highest BCUT2D eigenvalue weighted by Crippen LogP contribution is 2.36. The summed E-state index contributed by atoms with van der Waals surface area (Å²) < 4.78 is 19.1. The molecule has 0 aliphatic carbocycles. The van der Waals surface area contributed by atoms with E-state index < -0.39 is 5.82 Å². The molecule has 9 heteroatoms. The van der Waals surface area contributed by atoms with Gasteiger partial charge in [-0.25, -0.2) is 4.39 Å². The average molecular weight is 499 g/mol. The number of hydrogen-bond acceptors (Lipinski definition) is 5. The maximum absolute atomic E-state index is 13.2. The molecule has 5 nitrogen and oxygen atoms in total. The Morgan fingerprint density at radius 1 is 1.12 bits per heavy atom. The maximum Gasteiger partial charge on any atom is 0.270 e. The lowest BCUT2D eigenvalue weighted by molar-refractivity contribution is -0.118. The predicted octanol–water partition coefficient (Wildman–Crippen LogP) is 5.90. The Balaban J connectivity index is 1.42. The highest BCUT2D eigenvalue weighted by Gasteiger charge is 2.33. The van der Waals surface area contributed by atoms with Gasteiger partial charge in [0, 0.05) is 5.69 Å². The lowest BCUT2D eigenvalue weighted by Gasteiger charge is -2.14. The Morgan fingerprint density at radius 3 is 2.55 bits per heavy atom. The van der Waals surface area contributed by atoms with Crippen LogP contribution in [0.5, 0.6) is 5.75 Å². The highest BCUT2D eigenvalue weighted by atomic mass is 35.5. The van der Waals surface area contributed by atoms with Gasteiger partial charge >= 0.3 is 0 Å². The van der Waals surface area contributed by atoms with Gasteiger partial charge in [-0.05, 0) is 60.2 Å². The van der Waals surface area contributed by atoms with Gasteiger partial charge in [-0.2, -0.15) is 0 Å². The second-order valence-electron chi connectivity index (χ2n) is 6.89. The van der Waals surface area contributed by atoms with Gasteiger partial charge in [-0.1, -0.05) is 59.8 Å². The van der Waals surface area contributed by atoms with Crippen LogP contribution in [-0.4, -0.2) is 22.7 Å². The molecule has 4 rings (SSSR count). The quantitative estimate of drug-likeness (QED) is 0.338. The summed E-state index contributed by atoms with van der Waals surface area (Å²) >= 11 is 12.8.